The molecule has 1 aromatic carbocycles. The number of likely N-dealkylation sites (tertiary alicyclic amines) is 1. The summed E-state index contributed by atoms with van der Waals surface area (Å²) in [7, 11) is 1.75. The van der Waals surface area contributed by atoms with E-state index in [1.807, 2.05) is 24.0 Å². The molecule has 0 bridgehead atoms. The highest BCUT2D eigenvalue weighted by molar-refractivity contribution is 5.96. The number of carbonyl (C=O) groups is 1. The third-order valence-corrected chi connectivity index (χ3v) is 8.29. The Kier molecular flexibility index (Phi) is 9.27. The molecule has 4 heterocycles. The summed E-state index contributed by atoms with van der Waals surface area (Å²) in [6.07, 6.45) is 8.15. The zero-order valence-electron chi connectivity index (χ0n) is 22.7. The predicted molar refractivity (Wildman–Crippen MR) is 147 cm³/mol. The van der Waals surface area contributed by atoms with Crippen LogP contribution in [0.2, 0.25) is 0 Å². The van der Waals surface area contributed by atoms with Crippen LogP contribution < -0.4 is 10.6 Å². The first-order valence-electron chi connectivity index (χ1n) is 14.2. The van der Waals surface area contributed by atoms with Gasteiger partial charge in [0.25, 0.3) is 5.91 Å². The second kappa shape index (κ2) is 13.0. The monoisotopic (exact) mass is 522 g/mol. The Hall–Kier alpha value is -2.52. The van der Waals surface area contributed by atoms with E-state index in [0.717, 1.165) is 75.2 Å². The van der Waals surface area contributed by atoms with Crippen molar-refractivity contribution in [2.75, 3.05) is 45.3 Å². The molecule has 2 N–H and O–H groups in total. The molecule has 0 radical (unpaired) electrons. The quantitative estimate of drug-likeness (QED) is 0.540. The van der Waals surface area contributed by atoms with Crippen molar-refractivity contribution < 1.29 is 19.0 Å². The van der Waals surface area contributed by atoms with E-state index in [4.69, 9.17) is 14.2 Å². The lowest BCUT2D eigenvalue weighted by Gasteiger charge is -2.38. The zero-order valence-corrected chi connectivity index (χ0v) is 22.7. The van der Waals surface area contributed by atoms with E-state index in [-0.39, 0.29) is 24.2 Å². The number of aromatic nitrogens is 1. The summed E-state index contributed by atoms with van der Waals surface area (Å²) in [6.45, 7) is 5.58. The van der Waals surface area contributed by atoms with Crippen molar-refractivity contribution in [1.82, 2.24) is 15.2 Å². The van der Waals surface area contributed by atoms with Crippen molar-refractivity contribution in [3.63, 3.8) is 0 Å². The van der Waals surface area contributed by atoms with Crippen LogP contribution >= 0.6 is 0 Å². The molecule has 3 saturated heterocycles. The average Bonchev–Trinajstić information content (AvgIpc) is 2.97. The molecule has 1 aromatic heterocycles. The van der Waals surface area contributed by atoms with E-state index in [2.05, 4.69) is 39.9 Å². The van der Waals surface area contributed by atoms with Gasteiger partial charge in [-0.2, -0.15) is 0 Å². The van der Waals surface area contributed by atoms with Crippen LogP contribution in [-0.2, 0) is 14.2 Å². The topological polar surface area (TPSA) is 85.0 Å². The summed E-state index contributed by atoms with van der Waals surface area (Å²) in [4.78, 5) is 20.0. The Morgan fingerprint density at radius 1 is 1.11 bits per heavy atom. The maximum Gasteiger partial charge on any atom is 0.254 e. The molecule has 0 saturated carbocycles. The first kappa shape index (κ1) is 27.1. The van der Waals surface area contributed by atoms with Gasteiger partial charge in [0, 0.05) is 62.8 Å². The van der Waals surface area contributed by atoms with E-state index >= 15 is 0 Å². The molecular weight excluding hydrogens is 480 g/mol. The molecule has 3 aliphatic heterocycles. The predicted octanol–water partition coefficient (Wildman–Crippen LogP) is 4.11. The van der Waals surface area contributed by atoms with Crippen LogP contribution in [0.1, 0.15) is 66.1 Å². The van der Waals surface area contributed by atoms with Gasteiger partial charge in [-0.05, 0) is 57.1 Å². The van der Waals surface area contributed by atoms with Crippen LogP contribution in [0.5, 0.6) is 0 Å². The highest BCUT2D eigenvalue weighted by atomic mass is 16.5. The van der Waals surface area contributed by atoms with E-state index < -0.39 is 0 Å². The minimum atomic E-state index is 0.0882. The van der Waals surface area contributed by atoms with Crippen molar-refractivity contribution in [1.29, 1.82) is 0 Å². The molecule has 8 nitrogen and oxygen atoms in total. The van der Waals surface area contributed by atoms with Crippen LogP contribution in [0.15, 0.2) is 42.6 Å². The van der Waals surface area contributed by atoms with Crippen LogP contribution in [0.4, 0.5) is 5.82 Å². The summed E-state index contributed by atoms with van der Waals surface area (Å²) >= 11 is 0. The number of ether oxygens (including phenoxy) is 3. The lowest BCUT2D eigenvalue weighted by Crippen LogP contribution is -2.54. The Morgan fingerprint density at radius 2 is 1.92 bits per heavy atom. The van der Waals surface area contributed by atoms with Gasteiger partial charge in [0.05, 0.1) is 24.9 Å². The molecule has 3 fully saturated rings. The number of methoxy groups -OCH3 is 1. The van der Waals surface area contributed by atoms with Crippen molar-refractivity contribution in [2.45, 2.75) is 75.8 Å². The van der Waals surface area contributed by atoms with Crippen molar-refractivity contribution in [2.24, 2.45) is 0 Å². The van der Waals surface area contributed by atoms with Gasteiger partial charge in [-0.1, -0.05) is 30.3 Å². The number of rotatable bonds is 8. The highest BCUT2D eigenvalue weighted by Gasteiger charge is 2.31. The molecule has 0 spiro atoms. The second-order valence-corrected chi connectivity index (χ2v) is 10.8. The summed E-state index contributed by atoms with van der Waals surface area (Å²) in [5.74, 6) is 0.855. The minimum Gasteiger partial charge on any atom is -0.379 e. The first-order chi connectivity index (χ1) is 18.6. The molecule has 4 atom stereocenters. The van der Waals surface area contributed by atoms with Crippen molar-refractivity contribution in [3.8, 4) is 0 Å². The third-order valence-electron chi connectivity index (χ3n) is 8.29. The lowest BCUT2D eigenvalue weighted by molar-refractivity contribution is -0.0533. The normalized spacial score (nSPS) is 26.7. The number of carbonyl (C=O) groups excluding carboxylic acids is 1. The summed E-state index contributed by atoms with van der Waals surface area (Å²) in [6, 6.07) is 13.0. The van der Waals surface area contributed by atoms with Gasteiger partial charge >= 0.3 is 0 Å². The van der Waals surface area contributed by atoms with Gasteiger partial charge in [0.1, 0.15) is 5.82 Å². The van der Waals surface area contributed by atoms with E-state index in [9.17, 15) is 4.79 Å². The fraction of sp³-hybridized carbons (Fsp3) is 0.600. The Labute approximate surface area is 226 Å². The number of piperidine rings is 1. The number of nitrogens with zero attached hydrogens (tertiary/aromatic N) is 2. The number of anilines is 1. The van der Waals surface area contributed by atoms with Crippen LogP contribution in [0.3, 0.4) is 0 Å². The summed E-state index contributed by atoms with van der Waals surface area (Å²) in [5.41, 5.74) is 2.87. The van der Waals surface area contributed by atoms with Crippen molar-refractivity contribution >= 4 is 11.7 Å². The number of nitrogens with one attached hydrogen (secondary N) is 2. The van der Waals surface area contributed by atoms with Gasteiger partial charge in [-0.3, -0.25) is 4.79 Å². The third kappa shape index (κ3) is 6.54. The Balaban J connectivity index is 1.13. The maximum absolute atomic E-state index is 13.5. The van der Waals surface area contributed by atoms with E-state index in [0.29, 0.717) is 25.2 Å². The standard InChI is InChI=1S/C30H42N4O4/c1-21-25(30(35)34-16-12-23(13-17-34)33-26-14-18-37-20-28(26)36-2)11-15-31-29(21)32-19-24-9-6-10-27(38-24)22-7-4-3-5-8-22/h3-5,7-8,11,15,23-24,26-28,33H,6,9-10,12-14,16-20H2,1-2H3,(H,31,32)/t24?,26-,27-,28+/m0/s1. The van der Waals surface area contributed by atoms with Gasteiger partial charge in [-0.15, -0.1) is 0 Å². The van der Waals surface area contributed by atoms with Gasteiger partial charge in [0.2, 0.25) is 0 Å². The molecule has 38 heavy (non-hydrogen) atoms. The summed E-state index contributed by atoms with van der Waals surface area (Å²) in [5, 5.41) is 7.24. The summed E-state index contributed by atoms with van der Waals surface area (Å²) < 4.78 is 17.5. The number of hydrogen-bond donors (Lipinski definition) is 2. The largest absolute Gasteiger partial charge is 0.379 e. The van der Waals surface area contributed by atoms with E-state index in [1.165, 1.54) is 5.56 Å². The lowest BCUT2D eigenvalue weighted by atomic mass is 9.98. The van der Waals surface area contributed by atoms with Gasteiger partial charge < -0.3 is 29.7 Å². The smallest absolute Gasteiger partial charge is 0.254 e. The molecule has 0 aliphatic carbocycles. The minimum absolute atomic E-state index is 0.0882. The van der Waals surface area contributed by atoms with E-state index in [1.54, 1.807) is 13.3 Å². The first-order valence-corrected chi connectivity index (χ1v) is 14.2. The molecule has 8 heteroatoms. The van der Waals surface area contributed by atoms with Crippen LogP contribution in [0.25, 0.3) is 0 Å². The Bertz CT molecular complexity index is 1040. The molecule has 1 unspecified atom stereocenters. The van der Waals surface area contributed by atoms with Gasteiger partial charge in [0.15, 0.2) is 0 Å². The SMILES string of the molecule is CO[C@@H]1COCC[C@@H]1NC1CCN(C(=O)c2ccnc(NCC3CCC[C@@H](c4ccccc4)O3)c2C)CC1. The van der Waals surface area contributed by atoms with Crippen LogP contribution in [0, 0.1) is 6.92 Å². The highest BCUT2D eigenvalue weighted by Crippen LogP contribution is 2.31. The second-order valence-electron chi connectivity index (χ2n) is 10.8. The molecular formula is C30H42N4O4. The fourth-order valence-electron chi connectivity index (χ4n) is 5.98. The maximum atomic E-state index is 13.5. The zero-order chi connectivity index (χ0) is 26.3. The van der Waals surface area contributed by atoms with Crippen LogP contribution in [-0.4, -0.2) is 80.0 Å². The molecule has 3 aliphatic rings. The van der Waals surface area contributed by atoms with Gasteiger partial charge in [-0.25, -0.2) is 4.98 Å². The number of pyridine rings is 1. The number of amides is 1. The number of benzene rings is 1. The molecule has 206 valence electrons. The molecule has 2 aromatic rings. The Morgan fingerprint density at radius 3 is 2.71 bits per heavy atom. The average molecular weight is 523 g/mol. The fourth-order valence-corrected chi connectivity index (χ4v) is 5.98. The number of hydrogen-bond acceptors (Lipinski definition) is 7. The molecule has 1 amide bonds. The molecule has 5 rings (SSSR count). The van der Waals surface area contributed by atoms with Crippen molar-refractivity contribution in [3.05, 3.63) is 59.3 Å².